The molecule has 1 aromatic carbocycles. The van der Waals surface area contributed by atoms with Gasteiger partial charge in [-0.3, -0.25) is 0 Å². The molecule has 0 aliphatic carbocycles. The maximum atomic E-state index is 3.81. The Balaban J connectivity index is 2.58. The summed E-state index contributed by atoms with van der Waals surface area (Å²) in [4.78, 5) is 0. The van der Waals surface area contributed by atoms with E-state index in [2.05, 4.69) is 51.2 Å². The number of anilines is 1. The third-order valence-corrected chi connectivity index (χ3v) is 4.06. The molecule has 0 aliphatic heterocycles. The molecule has 0 bridgehead atoms. The molecular weight excluding hydrogens is 242 g/mol. The van der Waals surface area contributed by atoms with E-state index in [1.54, 1.807) is 0 Å². The van der Waals surface area contributed by atoms with Crippen LogP contribution in [-0.4, -0.2) is 6.04 Å². The van der Waals surface area contributed by atoms with Crippen molar-refractivity contribution in [1.29, 1.82) is 0 Å². The number of aryl methyl sites for hydroxylation is 2. The minimum absolute atomic E-state index is 0.647. The lowest BCUT2D eigenvalue weighted by Crippen LogP contribution is -2.20. The average Bonchev–Trinajstić information content (AvgIpc) is 2.43. The van der Waals surface area contributed by atoms with Gasteiger partial charge in [0, 0.05) is 11.7 Å². The van der Waals surface area contributed by atoms with Gasteiger partial charge in [-0.15, -0.1) is 0 Å². The molecule has 0 aromatic heterocycles. The maximum absolute atomic E-state index is 3.81. The van der Waals surface area contributed by atoms with Gasteiger partial charge in [0.2, 0.25) is 0 Å². The van der Waals surface area contributed by atoms with E-state index in [-0.39, 0.29) is 0 Å². The number of rotatable bonds is 10. The lowest BCUT2D eigenvalue weighted by atomic mass is 10.0. The van der Waals surface area contributed by atoms with Gasteiger partial charge in [-0.25, -0.2) is 0 Å². The number of benzene rings is 1. The fraction of sp³-hybridized carbons (Fsp3) is 0.684. The normalized spacial score (nSPS) is 11.1. The van der Waals surface area contributed by atoms with Crippen LogP contribution >= 0.6 is 0 Å². The fourth-order valence-electron chi connectivity index (χ4n) is 2.68. The van der Waals surface area contributed by atoms with E-state index in [9.17, 15) is 0 Å². The standard InChI is InChI=1S/C19H33N/c1-5-7-9-11-18(12-10-8-6-2)20-19-15-16(3)13-14-17(19)4/h13-15,18,20H,5-12H2,1-4H3. The van der Waals surface area contributed by atoms with Crippen molar-refractivity contribution in [3.8, 4) is 0 Å². The first kappa shape index (κ1) is 17.1. The number of unbranched alkanes of at least 4 members (excludes halogenated alkanes) is 4. The number of hydrogen-bond donors (Lipinski definition) is 1. The van der Waals surface area contributed by atoms with Crippen LogP contribution in [0.4, 0.5) is 5.69 Å². The second-order valence-electron chi connectivity index (χ2n) is 6.15. The largest absolute Gasteiger partial charge is 0.382 e. The Morgan fingerprint density at radius 2 is 1.50 bits per heavy atom. The second-order valence-corrected chi connectivity index (χ2v) is 6.15. The van der Waals surface area contributed by atoms with Crippen molar-refractivity contribution in [3.63, 3.8) is 0 Å². The number of hydrogen-bond acceptors (Lipinski definition) is 1. The van der Waals surface area contributed by atoms with Gasteiger partial charge in [0.15, 0.2) is 0 Å². The Hall–Kier alpha value is -0.980. The summed E-state index contributed by atoms with van der Waals surface area (Å²) in [7, 11) is 0. The van der Waals surface area contributed by atoms with Gasteiger partial charge in [-0.1, -0.05) is 64.5 Å². The van der Waals surface area contributed by atoms with Crippen LogP contribution < -0.4 is 5.32 Å². The first-order chi connectivity index (χ1) is 9.67. The van der Waals surface area contributed by atoms with Crippen molar-refractivity contribution in [2.24, 2.45) is 0 Å². The van der Waals surface area contributed by atoms with E-state index in [1.165, 1.54) is 68.2 Å². The second kappa shape index (κ2) is 9.85. The third-order valence-electron chi connectivity index (χ3n) is 4.06. The molecular formula is C19H33N. The van der Waals surface area contributed by atoms with Gasteiger partial charge in [-0.05, 0) is 43.9 Å². The third kappa shape index (κ3) is 6.45. The summed E-state index contributed by atoms with van der Waals surface area (Å²) < 4.78 is 0. The highest BCUT2D eigenvalue weighted by molar-refractivity contribution is 5.53. The molecule has 1 heteroatoms. The van der Waals surface area contributed by atoms with Crippen LogP contribution in [0, 0.1) is 13.8 Å². The van der Waals surface area contributed by atoms with Crippen LogP contribution in [0.5, 0.6) is 0 Å². The fourth-order valence-corrected chi connectivity index (χ4v) is 2.68. The van der Waals surface area contributed by atoms with Gasteiger partial charge in [0.1, 0.15) is 0 Å². The lowest BCUT2D eigenvalue weighted by molar-refractivity contribution is 0.526. The Bertz CT molecular complexity index is 360. The predicted molar refractivity (Wildman–Crippen MR) is 91.6 cm³/mol. The molecule has 0 saturated heterocycles. The monoisotopic (exact) mass is 275 g/mol. The van der Waals surface area contributed by atoms with Gasteiger partial charge in [-0.2, -0.15) is 0 Å². The molecule has 114 valence electrons. The van der Waals surface area contributed by atoms with Gasteiger partial charge < -0.3 is 5.32 Å². The molecule has 0 aliphatic rings. The minimum atomic E-state index is 0.647. The van der Waals surface area contributed by atoms with Crippen molar-refractivity contribution in [1.82, 2.24) is 0 Å². The molecule has 0 heterocycles. The molecule has 0 unspecified atom stereocenters. The van der Waals surface area contributed by atoms with E-state index in [1.807, 2.05) is 0 Å². The molecule has 20 heavy (non-hydrogen) atoms. The van der Waals surface area contributed by atoms with Crippen molar-refractivity contribution < 1.29 is 0 Å². The molecule has 0 radical (unpaired) electrons. The molecule has 1 nitrogen and oxygen atoms in total. The van der Waals surface area contributed by atoms with Crippen LogP contribution in [0.15, 0.2) is 18.2 Å². The first-order valence-electron chi connectivity index (χ1n) is 8.51. The molecule has 0 spiro atoms. The molecule has 1 N–H and O–H groups in total. The Labute approximate surface area is 126 Å². The average molecular weight is 275 g/mol. The molecule has 1 aromatic rings. The van der Waals surface area contributed by atoms with E-state index < -0.39 is 0 Å². The highest BCUT2D eigenvalue weighted by Gasteiger charge is 2.09. The van der Waals surface area contributed by atoms with Crippen molar-refractivity contribution in [2.45, 2.75) is 85.1 Å². The smallest absolute Gasteiger partial charge is 0.0374 e. The van der Waals surface area contributed by atoms with Crippen molar-refractivity contribution in [3.05, 3.63) is 29.3 Å². The van der Waals surface area contributed by atoms with Crippen LogP contribution in [0.1, 0.15) is 76.3 Å². The molecule has 1 rings (SSSR count). The van der Waals surface area contributed by atoms with Gasteiger partial charge in [0.25, 0.3) is 0 Å². The highest BCUT2D eigenvalue weighted by atomic mass is 14.9. The summed E-state index contributed by atoms with van der Waals surface area (Å²) in [5.41, 5.74) is 4.05. The maximum Gasteiger partial charge on any atom is 0.0374 e. The first-order valence-corrected chi connectivity index (χ1v) is 8.51. The summed E-state index contributed by atoms with van der Waals surface area (Å²) in [5, 5.41) is 3.81. The van der Waals surface area contributed by atoms with Crippen LogP contribution in [0.25, 0.3) is 0 Å². The molecule has 0 saturated carbocycles. The van der Waals surface area contributed by atoms with E-state index in [4.69, 9.17) is 0 Å². The zero-order valence-electron chi connectivity index (χ0n) is 14.0. The van der Waals surface area contributed by atoms with E-state index in [0.29, 0.717) is 6.04 Å². The summed E-state index contributed by atoms with van der Waals surface area (Å²) in [6.07, 6.45) is 10.7. The molecule has 0 amide bonds. The van der Waals surface area contributed by atoms with Crippen LogP contribution in [-0.2, 0) is 0 Å². The van der Waals surface area contributed by atoms with Crippen molar-refractivity contribution in [2.75, 3.05) is 5.32 Å². The summed E-state index contributed by atoms with van der Waals surface area (Å²) >= 11 is 0. The summed E-state index contributed by atoms with van der Waals surface area (Å²) in [5.74, 6) is 0. The summed E-state index contributed by atoms with van der Waals surface area (Å²) in [6, 6.07) is 7.37. The quantitative estimate of drug-likeness (QED) is 0.498. The SMILES string of the molecule is CCCCCC(CCCCC)Nc1cc(C)ccc1C. The van der Waals surface area contributed by atoms with E-state index in [0.717, 1.165) is 0 Å². The lowest BCUT2D eigenvalue weighted by Gasteiger charge is -2.21. The van der Waals surface area contributed by atoms with Crippen molar-refractivity contribution >= 4 is 5.69 Å². The van der Waals surface area contributed by atoms with Gasteiger partial charge >= 0.3 is 0 Å². The topological polar surface area (TPSA) is 12.0 Å². The number of nitrogens with one attached hydrogen (secondary N) is 1. The highest BCUT2D eigenvalue weighted by Crippen LogP contribution is 2.21. The van der Waals surface area contributed by atoms with Gasteiger partial charge in [0.05, 0.1) is 0 Å². The van der Waals surface area contributed by atoms with Crippen LogP contribution in [0.2, 0.25) is 0 Å². The minimum Gasteiger partial charge on any atom is -0.382 e. The Morgan fingerprint density at radius 1 is 0.900 bits per heavy atom. The van der Waals surface area contributed by atoms with Crippen LogP contribution in [0.3, 0.4) is 0 Å². The van der Waals surface area contributed by atoms with E-state index >= 15 is 0 Å². The Morgan fingerprint density at radius 3 is 2.05 bits per heavy atom. The Kier molecular flexibility index (Phi) is 8.41. The predicted octanol–water partition coefficient (Wildman–Crippen LogP) is 6.24. The summed E-state index contributed by atoms with van der Waals surface area (Å²) in [6.45, 7) is 8.94. The molecule has 0 fully saturated rings. The zero-order chi connectivity index (χ0) is 14.8. The molecule has 0 atom stereocenters. The zero-order valence-corrected chi connectivity index (χ0v) is 14.0.